The number of rotatable bonds is 4. The van der Waals surface area contributed by atoms with Crippen molar-refractivity contribution in [3.05, 3.63) is 164 Å². The van der Waals surface area contributed by atoms with Crippen LogP contribution in [-0.4, -0.2) is 14.5 Å². The first-order chi connectivity index (χ1) is 25.3. The van der Waals surface area contributed by atoms with Gasteiger partial charge in [-0.2, -0.15) is 0 Å². The lowest BCUT2D eigenvalue weighted by Gasteiger charge is -2.10. The molecule has 51 heavy (non-hydrogen) atoms. The van der Waals surface area contributed by atoms with Gasteiger partial charge in [0.25, 0.3) is 0 Å². The monoisotopic (exact) mass is 669 g/mol. The van der Waals surface area contributed by atoms with Crippen LogP contribution >= 0.6 is 11.3 Å². The zero-order valence-electron chi connectivity index (χ0n) is 27.2. The van der Waals surface area contributed by atoms with Crippen molar-refractivity contribution in [2.45, 2.75) is 0 Å². The Morgan fingerprint density at radius 1 is 0.510 bits per heavy atom. The van der Waals surface area contributed by atoms with E-state index in [1.54, 1.807) is 0 Å². The van der Waals surface area contributed by atoms with Crippen LogP contribution in [0.15, 0.2) is 168 Å². The first kappa shape index (κ1) is 28.3. The summed E-state index contributed by atoms with van der Waals surface area (Å²) in [6, 6.07) is 56.1. The molecule has 0 aliphatic carbocycles. The molecule has 0 saturated heterocycles. The fourth-order valence-corrected chi connectivity index (χ4v) is 8.94. The second kappa shape index (κ2) is 11.0. The van der Waals surface area contributed by atoms with E-state index in [2.05, 4.69) is 162 Å². The summed E-state index contributed by atoms with van der Waals surface area (Å²) in [6.45, 7) is 0. The maximum atomic E-state index is 6.42. The zero-order valence-corrected chi connectivity index (χ0v) is 28.1. The van der Waals surface area contributed by atoms with Gasteiger partial charge in [-0.15, -0.1) is 11.3 Å². The molecule has 0 aliphatic heterocycles. The summed E-state index contributed by atoms with van der Waals surface area (Å²) in [4.78, 5) is 9.87. The van der Waals surface area contributed by atoms with Crippen LogP contribution in [0.5, 0.6) is 0 Å². The largest absolute Gasteiger partial charge is 0.436 e. The fourth-order valence-electron chi connectivity index (χ4n) is 7.70. The molecule has 0 aliphatic rings. The highest BCUT2D eigenvalue weighted by atomic mass is 32.1. The fraction of sp³-hybridized carbons (Fsp3) is 0. The Hall–Kier alpha value is -6.56. The number of fused-ring (bicyclic) bond motifs is 9. The smallest absolute Gasteiger partial charge is 0.246 e. The molecule has 4 heterocycles. The Labute approximate surface area is 296 Å². The molecule has 7 aromatic carbocycles. The summed E-state index contributed by atoms with van der Waals surface area (Å²) >= 11 is 1.84. The highest BCUT2D eigenvalue weighted by molar-refractivity contribution is 7.26. The normalized spacial score (nSPS) is 11.9. The standard InChI is InChI=1S/C46H27N3OS/c1-4-19-40-34(14-1)35-15-2-5-20-41(35)49(40)32-13-8-10-28(25-32)29-22-23-38-42(26-29)50-46-44(38)47-27-39(48-46)31-12-7-11-30(24-31)33-17-9-18-37-36-16-3-6-21-43(36)51-45(33)37/h1-27H. The van der Waals surface area contributed by atoms with Gasteiger partial charge in [0.1, 0.15) is 11.1 Å². The number of para-hydroxylation sites is 2. The molecule has 0 N–H and O–H groups in total. The highest BCUT2D eigenvalue weighted by Crippen LogP contribution is 2.41. The third-order valence-electron chi connectivity index (χ3n) is 10.1. The summed E-state index contributed by atoms with van der Waals surface area (Å²) in [5, 5.41) is 6.05. The summed E-state index contributed by atoms with van der Waals surface area (Å²) in [5.74, 6) is 0. The third-order valence-corrected chi connectivity index (χ3v) is 11.3. The predicted octanol–water partition coefficient (Wildman–Crippen LogP) is 12.8. The van der Waals surface area contributed by atoms with Crippen LogP contribution in [0.2, 0.25) is 0 Å². The summed E-state index contributed by atoms with van der Waals surface area (Å²) in [5.41, 5.74) is 11.9. The number of aromatic nitrogens is 3. The molecule has 0 unspecified atom stereocenters. The number of hydrogen-bond donors (Lipinski definition) is 0. The molecule has 0 bridgehead atoms. The van der Waals surface area contributed by atoms with Crippen LogP contribution < -0.4 is 0 Å². The third kappa shape index (κ3) is 4.38. The van der Waals surface area contributed by atoms with Crippen molar-refractivity contribution >= 4 is 75.5 Å². The van der Waals surface area contributed by atoms with Crippen molar-refractivity contribution in [2.75, 3.05) is 0 Å². The summed E-state index contributed by atoms with van der Waals surface area (Å²) in [7, 11) is 0. The molecule has 4 aromatic heterocycles. The van der Waals surface area contributed by atoms with Crippen LogP contribution in [0.3, 0.4) is 0 Å². The molecule has 0 fully saturated rings. The average molecular weight is 670 g/mol. The Bertz CT molecular complexity index is 3110. The molecular weight excluding hydrogens is 643 g/mol. The van der Waals surface area contributed by atoms with Gasteiger partial charge in [0.15, 0.2) is 0 Å². The van der Waals surface area contributed by atoms with Crippen molar-refractivity contribution in [3.63, 3.8) is 0 Å². The minimum atomic E-state index is 0.538. The van der Waals surface area contributed by atoms with E-state index in [0.717, 1.165) is 50.1 Å². The van der Waals surface area contributed by atoms with E-state index < -0.39 is 0 Å². The first-order valence-corrected chi connectivity index (χ1v) is 17.9. The van der Waals surface area contributed by atoms with Gasteiger partial charge >= 0.3 is 0 Å². The zero-order chi connectivity index (χ0) is 33.5. The van der Waals surface area contributed by atoms with E-state index in [9.17, 15) is 0 Å². The lowest BCUT2D eigenvalue weighted by Crippen LogP contribution is -1.94. The Morgan fingerprint density at radius 2 is 1.20 bits per heavy atom. The molecule has 0 saturated carbocycles. The Balaban J connectivity index is 0.974. The molecule has 238 valence electrons. The van der Waals surface area contributed by atoms with Crippen molar-refractivity contribution in [1.29, 1.82) is 0 Å². The van der Waals surface area contributed by atoms with Gasteiger partial charge < -0.3 is 8.98 Å². The van der Waals surface area contributed by atoms with E-state index in [-0.39, 0.29) is 0 Å². The van der Waals surface area contributed by atoms with Gasteiger partial charge in [0, 0.05) is 47.6 Å². The van der Waals surface area contributed by atoms with Crippen LogP contribution in [0.1, 0.15) is 0 Å². The number of hydrogen-bond acceptors (Lipinski definition) is 4. The second-order valence-electron chi connectivity index (χ2n) is 13.0. The second-order valence-corrected chi connectivity index (χ2v) is 14.1. The van der Waals surface area contributed by atoms with Crippen LogP contribution in [-0.2, 0) is 0 Å². The van der Waals surface area contributed by atoms with E-state index in [1.807, 2.05) is 17.5 Å². The first-order valence-electron chi connectivity index (χ1n) is 17.1. The van der Waals surface area contributed by atoms with E-state index >= 15 is 0 Å². The van der Waals surface area contributed by atoms with Gasteiger partial charge in [0.2, 0.25) is 5.71 Å². The minimum absolute atomic E-state index is 0.538. The lowest BCUT2D eigenvalue weighted by molar-refractivity contribution is 0.653. The SMILES string of the molecule is c1cc(-c2cnc3c(n2)oc2cc(-c4cccc(-n5c6ccccc6c6ccccc65)c4)ccc23)cc(-c2cccc3c2sc2ccccc23)c1. The molecule has 11 aromatic rings. The Morgan fingerprint density at radius 3 is 2.06 bits per heavy atom. The maximum Gasteiger partial charge on any atom is 0.246 e. The molecule has 11 rings (SSSR count). The van der Waals surface area contributed by atoms with Crippen molar-refractivity contribution in [2.24, 2.45) is 0 Å². The highest BCUT2D eigenvalue weighted by Gasteiger charge is 2.16. The van der Waals surface area contributed by atoms with Gasteiger partial charge in [-0.1, -0.05) is 109 Å². The molecular formula is C46H27N3OS. The number of thiophene rings is 1. The summed E-state index contributed by atoms with van der Waals surface area (Å²) in [6.07, 6.45) is 1.86. The number of nitrogens with zero attached hydrogens (tertiary/aromatic N) is 3. The van der Waals surface area contributed by atoms with Crippen LogP contribution in [0.25, 0.3) is 103 Å². The number of benzene rings is 7. The quantitative estimate of drug-likeness (QED) is 0.187. The van der Waals surface area contributed by atoms with E-state index in [0.29, 0.717) is 5.71 Å². The van der Waals surface area contributed by atoms with Crippen molar-refractivity contribution in [3.8, 4) is 39.2 Å². The van der Waals surface area contributed by atoms with E-state index in [1.165, 1.54) is 47.5 Å². The molecule has 0 atom stereocenters. The topological polar surface area (TPSA) is 43.9 Å². The predicted molar refractivity (Wildman–Crippen MR) is 213 cm³/mol. The van der Waals surface area contributed by atoms with Crippen molar-refractivity contribution < 1.29 is 4.42 Å². The van der Waals surface area contributed by atoms with Crippen LogP contribution in [0, 0.1) is 0 Å². The molecule has 0 amide bonds. The Kier molecular flexibility index (Phi) is 6.09. The summed E-state index contributed by atoms with van der Waals surface area (Å²) < 4.78 is 11.4. The number of furan rings is 1. The van der Waals surface area contributed by atoms with E-state index in [4.69, 9.17) is 14.4 Å². The minimum Gasteiger partial charge on any atom is -0.436 e. The molecule has 0 radical (unpaired) electrons. The van der Waals surface area contributed by atoms with Gasteiger partial charge in [0.05, 0.1) is 22.9 Å². The van der Waals surface area contributed by atoms with Crippen molar-refractivity contribution in [1.82, 2.24) is 14.5 Å². The maximum absolute atomic E-state index is 6.42. The molecule has 0 spiro atoms. The molecule has 5 heteroatoms. The molecule has 4 nitrogen and oxygen atoms in total. The van der Waals surface area contributed by atoms with Gasteiger partial charge in [-0.05, 0) is 70.8 Å². The van der Waals surface area contributed by atoms with Gasteiger partial charge in [-0.25, -0.2) is 9.97 Å². The van der Waals surface area contributed by atoms with Crippen LogP contribution in [0.4, 0.5) is 0 Å². The average Bonchev–Trinajstić information content (AvgIpc) is 3.87. The lowest BCUT2D eigenvalue weighted by atomic mass is 10.00. The van der Waals surface area contributed by atoms with Gasteiger partial charge in [-0.3, -0.25) is 0 Å².